The Labute approximate surface area is 135 Å². The molecule has 124 valence electrons. The predicted molar refractivity (Wildman–Crippen MR) is 76.5 cm³/mol. The lowest BCUT2D eigenvalue weighted by Crippen LogP contribution is -2.34. The maximum atomic E-state index is 14.4. The van der Waals surface area contributed by atoms with Crippen molar-refractivity contribution in [2.45, 2.75) is 18.4 Å². The molecule has 6 nitrogen and oxygen atoms in total. The van der Waals surface area contributed by atoms with Crippen LogP contribution in [0, 0.1) is 11.6 Å². The summed E-state index contributed by atoms with van der Waals surface area (Å²) < 4.78 is 46.3. The van der Waals surface area contributed by atoms with E-state index in [9.17, 15) is 8.78 Å². The molecule has 0 radical (unpaired) electrons. The summed E-state index contributed by atoms with van der Waals surface area (Å²) in [5, 5.41) is 4.01. The molecule has 1 aliphatic heterocycles. The number of hydrogen-bond donors (Lipinski definition) is 0. The zero-order valence-electron chi connectivity index (χ0n) is 12.4. The molecule has 4 rings (SSSR count). The molecule has 24 heavy (non-hydrogen) atoms. The first-order valence-corrected chi connectivity index (χ1v) is 7.29. The summed E-state index contributed by atoms with van der Waals surface area (Å²) in [6, 6.07) is 6.75. The maximum absolute atomic E-state index is 14.4. The van der Waals surface area contributed by atoms with Gasteiger partial charge in [-0.05, 0) is 24.3 Å². The highest BCUT2D eigenvalue weighted by atomic mass is 19.1. The lowest BCUT2D eigenvalue weighted by molar-refractivity contribution is -0.192. The van der Waals surface area contributed by atoms with Crippen molar-refractivity contribution in [3.05, 3.63) is 72.2 Å². The quantitative estimate of drug-likeness (QED) is 0.735. The van der Waals surface area contributed by atoms with Crippen molar-refractivity contribution in [2.75, 3.05) is 6.61 Å². The third-order valence-electron chi connectivity index (χ3n) is 3.84. The highest BCUT2D eigenvalue weighted by Crippen LogP contribution is 2.42. The van der Waals surface area contributed by atoms with Gasteiger partial charge >= 0.3 is 0 Å². The first-order chi connectivity index (χ1) is 11.7. The van der Waals surface area contributed by atoms with Crippen molar-refractivity contribution in [1.82, 2.24) is 14.8 Å². The maximum Gasteiger partial charge on any atom is 0.219 e. The molecule has 0 unspecified atom stereocenters. The van der Waals surface area contributed by atoms with Crippen molar-refractivity contribution >= 4 is 0 Å². The summed E-state index contributed by atoms with van der Waals surface area (Å²) in [5.74, 6) is -2.32. The second kappa shape index (κ2) is 5.81. The third-order valence-corrected chi connectivity index (χ3v) is 3.84. The number of benzene rings is 1. The van der Waals surface area contributed by atoms with Crippen LogP contribution >= 0.6 is 0 Å². The van der Waals surface area contributed by atoms with E-state index in [1.165, 1.54) is 29.7 Å². The second-order valence-electron chi connectivity index (χ2n) is 5.40. The standard InChI is InChI=1S/C16H13F2N3O3/c17-11-3-4-12(13(18)6-11)16(8-21-10-19-9-20-21)23-7-15(24-16)14-2-1-5-22-14/h1-6,9-10,15H,7-8H2/t15-,16+/m0/s1. The van der Waals surface area contributed by atoms with Gasteiger partial charge in [0.15, 0.2) is 0 Å². The van der Waals surface area contributed by atoms with Crippen LogP contribution in [-0.4, -0.2) is 21.4 Å². The molecule has 1 fully saturated rings. The Kier molecular flexibility index (Phi) is 3.62. The molecule has 1 aromatic carbocycles. The fraction of sp³-hybridized carbons (Fsp3) is 0.250. The average Bonchev–Trinajstić information content (AvgIpc) is 3.28. The zero-order chi connectivity index (χ0) is 16.6. The van der Waals surface area contributed by atoms with E-state index in [0.29, 0.717) is 5.76 Å². The molecular weight excluding hydrogens is 320 g/mol. The highest BCUT2D eigenvalue weighted by Gasteiger charge is 2.47. The van der Waals surface area contributed by atoms with Crippen molar-refractivity contribution in [3.63, 3.8) is 0 Å². The number of nitrogens with zero attached hydrogens (tertiary/aromatic N) is 3. The van der Waals surface area contributed by atoms with E-state index in [2.05, 4.69) is 10.1 Å². The van der Waals surface area contributed by atoms with E-state index >= 15 is 0 Å². The topological polar surface area (TPSA) is 62.3 Å². The van der Waals surface area contributed by atoms with Gasteiger partial charge in [-0.1, -0.05) is 0 Å². The van der Waals surface area contributed by atoms with Gasteiger partial charge in [-0.25, -0.2) is 18.4 Å². The van der Waals surface area contributed by atoms with Gasteiger partial charge in [0.25, 0.3) is 0 Å². The highest BCUT2D eigenvalue weighted by molar-refractivity contribution is 5.25. The minimum atomic E-state index is -1.46. The van der Waals surface area contributed by atoms with E-state index in [0.717, 1.165) is 12.1 Å². The number of rotatable bonds is 4. The molecule has 0 spiro atoms. The van der Waals surface area contributed by atoms with Gasteiger partial charge < -0.3 is 13.9 Å². The summed E-state index contributed by atoms with van der Waals surface area (Å²) in [4.78, 5) is 3.86. The van der Waals surface area contributed by atoms with Crippen LogP contribution in [0.1, 0.15) is 17.4 Å². The lowest BCUT2D eigenvalue weighted by Gasteiger charge is -2.28. The van der Waals surface area contributed by atoms with Gasteiger partial charge in [-0.15, -0.1) is 0 Å². The van der Waals surface area contributed by atoms with E-state index in [1.54, 1.807) is 12.1 Å². The molecule has 0 aliphatic carbocycles. The van der Waals surface area contributed by atoms with Crippen LogP contribution in [0.4, 0.5) is 8.78 Å². The van der Waals surface area contributed by atoms with Crippen LogP contribution in [0.15, 0.2) is 53.7 Å². The van der Waals surface area contributed by atoms with Crippen molar-refractivity contribution < 1.29 is 22.7 Å². The number of furan rings is 1. The number of halogens is 2. The Bertz CT molecular complexity index is 823. The number of ether oxygens (including phenoxy) is 2. The molecule has 2 aromatic heterocycles. The smallest absolute Gasteiger partial charge is 0.219 e. The molecule has 3 aromatic rings. The Morgan fingerprint density at radius 2 is 2.21 bits per heavy atom. The Hall–Kier alpha value is -2.58. The average molecular weight is 333 g/mol. The van der Waals surface area contributed by atoms with Crippen LogP contribution in [0.3, 0.4) is 0 Å². The molecule has 0 amide bonds. The van der Waals surface area contributed by atoms with Gasteiger partial charge in [0.2, 0.25) is 5.79 Å². The van der Waals surface area contributed by atoms with Gasteiger partial charge in [0, 0.05) is 11.6 Å². The van der Waals surface area contributed by atoms with Crippen LogP contribution in [0.2, 0.25) is 0 Å². The van der Waals surface area contributed by atoms with Crippen LogP contribution in [-0.2, 0) is 21.8 Å². The van der Waals surface area contributed by atoms with E-state index in [-0.39, 0.29) is 18.7 Å². The first kappa shape index (κ1) is 15.0. The van der Waals surface area contributed by atoms with E-state index < -0.39 is 23.5 Å². The van der Waals surface area contributed by atoms with Crippen molar-refractivity contribution in [3.8, 4) is 0 Å². The number of aromatic nitrogens is 3. The predicted octanol–water partition coefficient (Wildman–Crippen LogP) is 2.79. The van der Waals surface area contributed by atoms with Crippen molar-refractivity contribution in [2.24, 2.45) is 0 Å². The normalized spacial score (nSPS) is 23.7. The van der Waals surface area contributed by atoms with Gasteiger partial charge in [-0.2, -0.15) is 5.10 Å². The summed E-state index contributed by atoms with van der Waals surface area (Å²) in [5.41, 5.74) is 0.0912. The molecule has 0 saturated carbocycles. The minimum absolute atomic E-state index is 0.0623. The molecule has 2 atom stereocenters. The monoisotopic (exact) mass is 333 g/mol. The third kappa shape index (κ3) is 2.59. The minimum Gasteiger partial charge on any atom is -0.466 e. The molecule has 1 aliphatic rings. The molecule has 0 N–H and O–H groups in total. The van der Waals surface area contributed by atoms with Crippen LogP contribution in [0.5, 0.6) is 0 Å². The van der Waals surface area contributed by atoms with Gasteiger partial charge in [0.1, 0.15) is 42.7 Å². The Balaban J connectivity index is 1.73. The largest absolute Gasteiger partial charge is 0.466 e. The fourth-order valence-corrected chi connectivity index (χ4v) is 2.76. The second-order valence-corrected chi connectivity index (χ2v) is 5.40. The molecule has 3 heterocycles. The SMILES string of the molecule is Fc1ccc([C@]2(Cn3cncn3)OC[C@@H](c3ccco3)O2)c(F)c1. The van der Waals surface area contributed by atoms with Gasteiger partial charge in [-0.3, -0.25) is 0 Å². The summed E-state index contributed by atoms with van der Waals surface area (Å²) in [7, 11) is 0. The van der Waals surface area contributed by atoms with Crippen molar-refractivity contribution in [1.29, 1.82) is 0 Å². The molecule has 8 heteroatoms. The fourth-order valence-electron chi connectivity index (χ4n) is 2.76. The Morgan fingerprint density at radius 3 is 2.92 bits per heavy atom. The molecular formula is C16H13F2N3O3. The summed E-state index contributed by atoms with van der Waals surface area (Å²) in [6.45, 7) is 0.228. The van der Waals surface area contributed by atoms with Crippen LogP contribution in [0.25, 0.3) is 0 Å². The first-order valence-electron chi connectivity index (χ1n) is 7.29. The summed E-state index contributed by atoms with van der Waals surface area (Å²) >= 11 is 0. The van der Waals surface area contributed by atoms with Crippen LogP contribution < -0.4 is 0 Å². The van der Waals surface area contributed by atoms with Gasteiger partial charge in [0.05, 0.1) is 12.9 Å². The summed E-state index contributed by atoms with van der Waals surface area (Å²) in [6.07, 6.45) is 3.84. The number of hydrogen-bond acceptors (Lipinski definition) is 5. The van der Waals surface area contributed by atoms with E-state index in [1.807, 2.05) is 0 Å². The Morgan fingerprint density at radius 1 is 1.29 bits per heavy atom. The van der Waals surface area contributed by atoms with E-state index in [4.69, 9.17) is 13.9 Å². The molecule has 1 saturated heterocycles. The lowest BCUT2D eigenvalue weighted by atomic mass is 10.0. The zero-order valence-corrected chi connectivity index (χ0v) is 12.4. The molecule has 0 bridgehead atoms.